The molecule has 8 aliphatic rings. The van der Waals surface area contributed by atoms with Crippen LogP contribution in [0.5, 0.6) is 0 Å². The molecular formula is C55H97BN2. The molecule has 0 atom stereocenters. The summed E-state index contributed by atoms with van der Waals surface area (Å²) in [5.41, 5.74) is 4.28. The van der Waals surface area contributed by atoms with Crippen LogP contribution in [0.4, 0.5) is 11.4 Å². The second-order valence-corrected chi connectivity index (χ2v) is 19.8. The first-order valence-corrected chi connectivity index (χ1v) is 26.4. The first-order valence-electron chi connectivity index (χ1n) is 26.4. The summed E-state index contributed by atoms with van der Waals surface area (Å²) in [6.45, 7) is 9.95. The van der Waals surface area contributed by atoms with Crippen LogP contribution in [0.25, 0.3) is 0 Å². The zero-order valence-corrected chi connectivity index (χ0v) is 39.8. The number of rotatable bonds is 4. The van der Waals surface area contributed by atoms with Gasteiger partial charge in [0.15, 0.2) is 0 Å². The topological polar surface area (TPSA) is 6.48 Å². The van der Waals surface area contributed by atoms with Gasteiger partial charge in [-0.05, 0) is 79.0 Å². The number of hydrogen-bond acceptors (Lipinski definition) is 2. The lowest BCUT2D eigenvalue weighted by atomic mass is 9.40. The SMILES string of the molecule is C/C=C\CC.C1CCC(C2CCCCC2)CC1.C1CCC(C2CCCCC2)CC1.C1CCC(C2CCCCC2)CC1.CC.CN1C=CB2CCN(C)c3cccc1c32. The highest BCUT2D eigenvalue weighted by Crippen LogP contribution is 2.40. The quantitative estimate of drug-likeness (QED) is 0.221. The van der Waals surface area contributed by atoms with Gasteiger partial charge in [0, 0.05) is 32.0 Å². The monoisotopic (exact) mass is 797 g/mol. The molecule has 0 saturated heterocycles. The summed E-state index contributed by atoms with van der Waals surface area (Å²) in [6, 6.07) is 6.61. The van der Waals surface area contributed by atoms with Gasteiger partial charge in [-0.25, -0.2) is 0 Å². The van der Waals surface area contributed by atoms with E-state index in [1.807, 2.05) is 20.8 Å². The highest BCUT2D eigenvalue weighted by Gasteiger charge is 2.30. The lowest BCUT2D eigenvalue weighted by Gasteiger charge is -2.36. The first kappa shape index (κ1) is 49.0. The molecule has 1 aromatic carbocycles. The van der Waals surface area contributed by atoms with Crippen LogP contribution in [0.3, 0.4) is 0 Å². The summed E-state index contributed by atoms with van der Waals surface area (Å²) >= 11 is 0. The average molecular weight is 797 g/mol. The summed E-state index contributed by atoms with van der Waals surface area (Å²) in [7, 11) is 4.31. The molecule has 0 bridgehead atoms. The number of anilines is 2. The van der Waals surface area contributed by atoms with Crippen LogP contribution in [-0.4, -0.2) is 27.4 Å². The van der Waals surface area contributed by atoms with Crippen molar-refractivity contribution in [3.8, 4) is 0 Å². The molecule has 2 heterocycles. The van der Waals surface area contributed by atoms with Crippen LogP contribution >= 0.6 is 0 Å². The highest BCUT2D eigenvalue weighted by molar-refractivity contribution is 6.81. The van der Waals surface area contributed by atoms with Crippen molar-refractivity contribution in [3.05, 3.63) is 42.5 Å². The maximum Gasteiger partial charge on any atom is 0.209 e. The molecule has 0 aromatic heterocycles. The molecule has 58 heavy (non-hydrogen) atoms. The smallest absolute Gasteiger partial charge is 0.209 e. The molecular weight excluding hydrogens is 699 g/mol. The van der Waals surface area contributed by atoms with Crippen LogP contribution in [0.1, 0.15) is 227 Å². The largest absolute Gasteiger partial charge is 0.376 e. The van der Waals surface area contributed by atoms with Gasteiger partial charge in [0.25, 0.3) is 0 Å². The molecule has 0 amide bonds. The molecule has 330 valence electrons. The molecule has 9 rings (SSSR count). The number of benzene rings is 1. The van der Waals surface area contributed by atoms with E-state index in [1.165, 1.54) is 139 Å². The molecule has 3 heteroatoms. The van der Waals surface area contributed by atoms with Gasteiger partial charge in [0.1, 0.15) is 0 Å². The number of hydrogen-bond donors (Lipinski definition) is 0. The van der Waals surface area contributed by atoms with Gasteiger partial charge in [0.05, 0.1) is 0 Å². The van der Waals surface area contributed by atoms with Gasteiger partial charge in [-0.1, -0.05) is 238 Å². The van der Waals surface area contributed by atoms with Gasteiger partial charge < -0.3 is 9.80 Å². The Hall–Kier alpha value is -1.64. The molecule has 0 radical (unpaired) electrons. The fourth-order valence-corrected chi connectivity index (χ4v) is 12.5. The van der Waals surface area contributed by atoms with Gasteiger partial charge in [-0.15, -0.1) is 0 Å². The second kappa shape index (κ2) is 29.6. The van der Waals surface area contributed by atoms with E-state index in [0.29, 0.717) is 6.71 Å². The van der Waals surface area contributed by atoms with Crippen molar-refractivity contribution in [3.63, 3.8) is 0 Å². The van der Waals surface area contributed by atoms with Crippen molar-refractivity contribution in [1.82, 2.24) is 0 Å². The van der Waals surface area contributed by atoms with Crippen molar-refractivity contribution in [2.75, 3.05) is 30.4 Å². The third-order valence-corrected chi connectivity index (χ3v) is 15.9. The van der Waals surface area contributed by atoms with Crippen molar-refractivity contribution >= 4 is 23.6 Å². The standard InChI is InChI=1S/C12H15BN2.3C12H22.C5H10.C2H6/c1-14-8-6-13-7-9-15(2)11-5-3-4-10(14)12(11)13;3*1-3-7-11(8-4-1)12-9-5-2-6-10-12;1-3-5-4-2;1-2/h3-6,8H,7,9H2,1-2H3;3*11-12H,1-10H2;3,5H,4H2,1-2H3;1-2H3/b;;;;5-3-;. The van der Waals surface area contributed by atoms with E-state index in [4.69, 9.17) is 0 Å². The Morgan fingerprint density at radius 3 is 1.14 bits per heavy atom. The highest BCUT2D eigenvalue weighted by atomic mass is 15.1. The third kappa shape index (κ3) is 16.7. The Balaban J connectivity index is 0.000000163. The summed E-state index contributed by atoms with van der Waals surface area (Å²) < 4.78 is 0. The van der Waals surface area contributed by atoms with Crippen LogP contribution < -0.4 is 15.3 Å². The van der Waals surface area contributed by atoms with E-state index in [1.54, 1.807) is 77.0 Å². The fourth-order valence-electron chi connectivity index (χ4n) is 12.5. The van der Waals surface area contributed by atoms with E-state index in [9.17, 15) is 0 Å². The minimum absolute atomic E-state index is 0.628. The Labute approximate surface area is 363 Å². The van der Waals surface area contributed by atoms with Crippen LogP contribution in [-0.2, 0) is 0 Å². The summed E-state index contributed by atoms with van der Waals surface area (Å²) in [4.78, 5) is 4.58. The number of allylic oxidation sites excluding steroid dienone is 2. The molecule has 6 aliphatic carbocycles. The normalized spacial score (nSPS) is 23.7. The van der Waals surface area contributed by atoms with E-state index in [0.717, 1.165) is 48.5 Å². The molecule has 0 N–H and O–H groups in total. The lowest BCUT2D eigenvalue weighted by Crippen LogP contribution is -2.46. The summed E-state index contributed by atoms with van der Waals surface area (Å²) in [5.74, 6) is 9.16. The van der Waals surface area contributed by atoms with Gasteiger partial charge in [0.2, 0.25) is 6.71 Å². The van der Waals surface area contributed by atoms with E-state index < -0.39 is 0 Å². The molecule has 0 unspecified atom stereocenters. The minimum Gasteiger partial charge on any atom is -0.376 e. The maximum atomic E-state index is 2.36. The molecule has 2 nitrogen and oxygen atoms in total. The summed E-state index contributed by atoms with van der Waals surface area (Å²) in [5, 5.41) is 0. The molecule has 1 aromatic rings. The fraction of sp³-hybridized carbons (Fsp3) is 0.818. The van der Waals surface area contributed by atoms with E-state index in [-0.39, 0.29) is 0 Å². The van der Waals surface area contributed by atoms with E-state index in [2.05, 4.69) is 73.3 Å². The minimum atomic E-state index is 0.628. The van der Waals surface area contributed by atoms with E-state index >= 15 is 0 Å². The Bertz CT molecular complexity index is 1080. The Morgan fingerprint density at radius 1 is 0.517 bits per heavy atom. The zero-order chi connectivity index (χ0) is 41.2. The van der Waals surface area contributed by atoms with Crippen LogP contribution in [0.15, 0.2) is 42.5 Å². The van der Waals surface area contributed by atoms with Crippen LogP contribution in [0, 0.1) is 35.5 Å². The van der Waals surface area contributed by atoms with Gasteiger partial charge >= 0.3 is 0 Å². The molecule has 6 saturated carbocycles. The zero-order valence-electron chi connectivity index (χ0n) is 39.8. The van der Waals surface area contributed by atoms with Gasteiger partial charge in [-0.3, -0.25) is 0 Å². The average Bonchev–Trinajstić information content (AvgIpc) is 3.32. The van der Waals surface area contributed by atoms with Gasteiger partial charge in [-0.2, -0.15) is 0 Å². The Kier molecular flexibility index (Phi) is 25.0. The molecule has 0 spiro atoms. The predicted molar refractivity (Wildman–Crippen MR) is 263 cm³/mol. The Morgan fingerprint density at radius 2 is 0.845 bits per heavy atom. The maximum absolute atomic E-state index is 2.36. The predicted octanol–water partition coefficient (Wildman–Crippen LogP) is 16.8. The molecule has 6 fully saturated rings. The van der Waals surface area contributed by atoms with Crippen molar-refractivity contribution in [2.45, 2.75) is 233 Å². The molecule has 2 aliphatic heterocycles. The van der Waals surface area contributed by atoms with Crippen molar-refractivity contribution in [1.29, 1.82) is 0 Å². The second-order valence-electron chi connectivity index (χ2n) is 19.8. The first-order chi connectivity index (χ1) is 28.6. The third-order valence-electron chi connectivity index (χ3n) is 15.9. The van der Waals surface area contributed by atoms with Crippen molar-refractivity contribution in [2.24, 2.45) is 35.5 Å². The lowest BCUT2D eigenvalue weighted by molar-refractivity contribution is 0.196. The van der Waals surface area contributed by atoms with Crippen molar-refractivity contribution < 1.29 is 0 Å². The number of nitrogens with zero attached hydrogens (tertiary/aromatic N) is 2. The summed E-state index contributed by atoms with van der Waals surface area (Å²) in [6.07, 6.45) is 55.0. The van der Waals surface area contributed by atoms with Crippen LogP contribution in [0.2, 0.25) is 6.32 Å².